The lowest BCUT2D eigenvalue weighted by atomic mass is 9.74. The molecule has 1 saturated carbocycles. The zero-order valence-electron chi connectivity index (χ0n) is 10.4. The van der Waals surface area contributed by atoms with Crippen molar-refractivity contribution in [3.63, 3.8) is 0 Å². The van der Waals surface area contributed by atoms with E-state index in [-0.39, 0.29) is 11.2 Å². The van der Waals surface area contributed by atoms with Crippen LogP contribution in [0.4, 0.5) is 5.69 Å². The summed E-state index contributed by atoms with van der Waals surface area (Å²) in [5, 5.41) is 11.3. The minimum atomic E-state index is -0.402. The Bertz CT molecular complexity index is 400. The van der Waals surface area contributed by atoms with Crippen LogP contribution in [0.1, 0.15) is 33.1 Å². The van der Waals surface area contributed by atoms with Gasteiger partial charge in [-0.15, -0.1) is 0 Å². The number of ketones is 1. The van der Waals surface area contributed by atoms with E-state index in [1.54, 1.807) is 0 Å². The summed E-state index contributed by atoms with van der Waals surface area (Å²) in [5.74, 6) is 0.135. The van der Waals surface area contributed by atoms with Crippen molar-refractivity contribution in [1.29, 1.82) is 0 Å². The molecule has 3 heteroatoms. The Morgan fingerprint density at radius 3 is 2.59 bits per heavy atom. The fraction of sp³-hybridized carbons (Fsp3) is 0.500. The summed E-state index contributed by atoms with van der Waals surface area (Å²) in [5.41, 5.74) is 0.803. The number of benzene rings is 1. The van der Waals surface area contributed by atoms with E-state index in [2.05, 4.69) is 13.8 Å². The second kappa shape index (κ2) is 4.49. The third-order valence-corrected chi connectivity index (χ3v) is 3.48. The molecule has 1 atom stereocenters. The number of para-hydroxylation sites is 1. The molecule has 0 bridgehead atoms. The molecule has 17 heavy (non-hydrogen) atoms. The third-order valence-electron chi connectivity index (χ3n) is 3.48. The predicted molar refractivity (Wildman–Crippen MR) is 67.1 cm³/mol. The number of Topliss-reactive ketones (excluding diaryl/α,β-unsaturated/α-hetero) is 1. The molecule has 3 nitrogen and oxygen atoms in total. The topological polar surface area (TPSA) is 40.5 Å². The Morgan fingerprint density at radius 1 is 1.29 bits per heavy atom. The molecule has 0 aliphatic heterocycles. The summed E-state index contributed by atoms with van der Waals surface area (Å²) in [6, 6.07) is 8.84. The Labute approximate surface area is 102 Å². The van der Waals surface area contributed by atoms with E-state index < -0.39 is 6.04 Å². The molecule has 0 radical (unpaired) electrons. The van der Waals surface area contributed by atoms with E-state index in [1.807, 2.05) is 30.3 Å². The number of hydroxylamine groups is 1. The Balaban J connectivity index is 2.18. The van der Waals surface area contributed by atoms with Crippen molar-refractivity contribution in [3.8, 4) is 0 Å². The molecule has 1 aliphatic carbocycles. The second-order valence-corrected chi connectivity index (χ2v) is 5.53. The van der Waals surface area contributed by atoms with Gasteiger partial charge in [0, 0.05) is 6.42 Å². The fourth-order valence-corrected chi connectivity index (χ4v) is 2.35. The molecule has 1 fully saturated rings. The molecule has 0 spiro atoms. The summed E-state index contributed by atoms with van der Waals surface area (Å²) in [4.78, 5) is 11.9. The molecule has 1 aliphatic rings. The van der Waals surface area contributed by atoms with E-state index >= 15 is 0 Å². The van der Waals surface area contributed by atoms with Gasteiger partial charge >= 0.3 is 0 Å². The maximum absolute atomic E-state index is 11.9. The number of hydrogen-bond acceptors (Lipinski definition) is 3. The average Bonchev–Trinajstić information content (AvgIpc) is 2.33. The second-order valence-electron chi connectivity index (χ2n) is 5.53. The number of carbonyl (C=O) groups excluding carboxylic acids is 1. The first-order valence-corrected chi connectivity index (χ1v) is 6.05. The van der Waals surface area contributed by atoms with E-state index in [0.29, 0.717) is 18.5 Å². The minimum Gasteiger partial charge on any atom is -0.297 e. The van der Waals surface area contributed by atoms with Gasteiger partial charge in [0.1, 0.15) is 6.04 Å². The fourth-order valence-electron chi connectivity index (χ4n) is 2.35. The quantitative estimate of drug-likeness (QED) is 0.798. The first kappa shape index (κ1) is 12.1. The number of rotatable bonds is 2. The highest BCUT2D eigenvalue weighted by Crippen LogP contribution is 2.36. The molecule has 92 valence electrons. The summed E-state index contributed by atoms with van der Waals surface area (Å²) in [7, 11) is 0. The van der Waals surface area contributed by atoms with Crippen molar-refractivity contribution in [1.82, 2.24) is 0 Å². The molecule has 1 aromatic carbocycles. The maximum atomic E-state index is 11.9. The van der Waals surface area contributed by atoms with Gasteiger partial charge in [-0.1, -0.05) is 32.0 Å². The number of nitrogens with zero attached hydrogens (tertiary/aromatic N) is 1. The zero-order chi connectivity index (χ0) is 12.5. The van der Waals surface area contributed by atoms with Crippen LogP contribution >= 0.6 is 0 Å². The van der Waals surface area contributed by atoms with Crippen LogP contribution in [0.25, 0.3) is 0 Å². The molecule has 0 aromatic heterocycles. The van der Waals surface area contributed by atoms with Crippen molar-refractivity contribution in [2.45, 2.75) is 39.2 Å². The van der Waals surface area contributed by atoms with E-state index in [9.17, 15) is 10.0 Å². The van der Waals surface area contributed by atoms with Gasteiger partial charge in [0.15, 0.2) is 5.78 Å². The van der Waals surface area contributed by atoms with Crippen LogP contribution in [0.2, 0.25) is 0 Å². The standard InChI is InChI=1S/C14H19NO2/c1-14(2)9-8-13(16)12(10-14)15(17)11-6-4-3-5-7-11/h3-7,12,17H,8-10H2,1-2H3. The molecule has 2 rings (SSSR count). The molecule has 1 unspecified atom stereocenters. The highest BCUT2D eigenvalue weighted by molar-refractivity contribution is 5.87. The van der Waals surface area contributed by atoms with Crippen LogP contribution in [0.5, 0.6) is 0 Å². The van der Waals surface area contributed by atoms with Gasteiger partial charge in [-0.3, -0.25) is 10.0 Å². The van der Waals surface area contributed by atoms with Crippen molar-refractivity contribution >= 4 is 11.5 Å². The highest BCUT2D eigenvalue weighted by atomic mass is 16.5. The Morgan fingerprint density at radius 2 is 1.94 bits per heavy atom. The van der Waals surface area contributed by atoms with Crippen LogP contribution in [0.3, 0.4) is 0 Å². The van der Waals surface area contributed by atoms with Crippen LogP contribution in [-0.4, -0.2) is 17.0 Å². The lowest BCUT2D eigenvalue weighted by Gasteiger charge is -2.38. The molecular weight excluding hydrogens is 214 g/mol. The van der Waals surface area contributed by atoms with Crippen LogP contribution in [0.15, 0.2) is 30.3 Å². The van der Waals surface area contributed by atoms with E-state index in [4.69, 9.17) is 0 Å². The first-order valence-electron chi connectivity index (χ1n) is 6.05. The van der Waals surface area contributed by atoms with E-state index in [1.165, 1.54) is 0 Å². The van der Waals surface area contributed by atoms with Gasteiger partial charge < -0.3 is 0 Å². The summed E-state index contributed by atoms with van der Waals surface area (Å²) in [6.07, 6.45) is 2.17. The summed E-state index contributed by atoms with van der Waals surface area (Å²) < 4.78 is 0. The molecule has 1 N–H and O–H groups in total. The number of anilines is 1. The molecule has 1 aromatic rings. The average molecular weight is 233 g/mol. The van der Waals surface area contributed by atoms with Crippen molar-refractivity contribution in [2.24, 2.45) is 5.41 Å². The monoisotopic (exact) mass is 233 g/mol. The summed E-state index contributed by atoms with van der Waals surface area (Å²) >= 11 is 0. The van der Waals surface area contributed by atoms with Gasteiger partial charge in [0.05, 0.1) is 5.69 Å². The van der Waals surface area contributed by atoms with Gasteiger partial charge in [-0.05, 0) is 30.4 Å². The maximum Gasteiger partial charge on any atom is 0.157 e. The smallest absolute Gasteiger partial charge is 0.157 e. The molecule has 0 amide bonds. The van der Waals surface area contributed by atoms with Crippen molar-refractivity contribution in [2.75, 3.05) is 5.06 Å². The van der Waals surface area contributed by atoms with Crippen LogP contribution in [0, 0.1) is 5.41 Å². The van der Waals surface area contributed by atoms with Crippen molar-refractivity contribution < 1.29 is 10.0 Å². The lowest BCUT2D eigenvalue weighted by molar-refractivity contribution is -0.125. The minimum absolute atomic E-state index is 0.119. The Kier molecular flexibility index (Phi) is 3.20. The van der Waals surface area contributed by atoms with Crippen LogP contribution in [-0.2, 0) is 4.79 Å². The predicted octanol–water partition coefficient (Wildman–Crippen LogP) is 3.03. The lowest BCUT2D eigenvalue weighted by Crippen LogP contribution is -2.45. The third kappa shape index (κ3) is 2.67. The first-order chi connectivity index (χ1) is 7.99. The largest absolute Gasteiger partial charge is 0.297 e. The number of hydrogen-bond donors (Lipinski definition) is 1. The van der Waals surface area contributed by atoms with Gasteiger partial charge in [-0.2, -0.15) is 0 Å². The SMILES string of the molecule is CC1(C)CCC(=O)C(N(O)c2ccccc2)C1. The van der Waals surface area contributed by atoms with Crippen molar-refractivity contribution in [3.05, 3.63) is 30.3 Å². The zero-order valence-corrected chi connectivity index (χ0v) is 10.4. The van der Waals surface area contributed by atoms with Gasteiger partial charge in [-0.25, -0.2) is 5.06 Å². The van der Waals surface area contributed by atoms with E-state index in [0.717, 1.165) is 11.5 Å². The molecule has 0 saturated heterocycles. The van der Waals surface area contributed by atoms with Gasteiger partial charge in [0.25, 0.3) is 0 Å². The Hall–Kier alpha value is -1.35. The summed E-state index contributed by atoms with van der Waals surface area (Å²) in [6.45, 7) is 4.29. The molecular formula is C14H19NO2. The number of carbonyl (C=O) groups is 1. The van der Waals surface area contributed by atoms with Gasteiger partial charge in [0.2, 0.25) is 0 Å². The highest BCUT2D eigenvalue weighted by Gasteiger charge is 2.36. The molecule has 0 heterocycles. The van der Waals surface area contributed by atoms with Crippen LogP contribution < -0.4 is 5.06 Å². The normalized spacial score (nSPS) is 23.5.